The van der Waals surface area contributed by atoms with E-state index in [-0.39, 0.29) is 17.1 Å². The third kappa shape index (κ3) is 2.06. The number of hydrazone groups is 1. The number of alkyl halides is 1. The highest BCUT2D eigenvalue weighted by Gasteiger charge is 2.37. The van der Waals surface area contributed by atoms with Crippen LogP contribution in [0.4, 0.5) is 0 Å². The first-order valence-electron chi connectivity index (χ1n) is 6.28. The molecule has 3 aliphatic rings. The number of carbonyl (C=O) groups excluding carboxylic acids is 1. The van der Waals surface area contributed by atoms with Crippen LogP contribution < -0.4 is 0 Å². The zero-order chi connectivity index (χ0) is 12.5. The van der Waals surface area contributed by atoms with E-state index >= 15 is 0 Å². The van der Waals surface area contributed by atoms with Crippen molar-refractivity contribution in [2.75, 3.05) is 6.61 Å². The summed E-state index contributed by atoms with van der Waals surface area (Å²) in [5.41, 5.74) is 1.52. The average molecular weight is 311 g/mol. The van der Waals surface area contributed by atoms with Crippen LogP contribution in [0, 0.1) is 0 Å². The summed E-state index contributed by atoms with van der Waals surface area (Å²) in [7, 11) is 0. The van der Waals surface area contributed by atoms with Gasteiger partial charge in [0, 0.05) is 12.2 Å². The molecule has 3 rings (SSSR count). The Balaban J connectivity index is 1.87. The Morgan fingerprint density at radius 3 is 3.06 bits per heavy atom. The maximum Gasteiger partial charge on any atom is 0.170 e. The predicted molar refractivity (Wildman–Crippen MR) is 72.7 cm³/mol. The summed E-state index contributed by atoms with van der Waals surface area (Å²) in [5, 5.41) is 6.36. The number of allylic oxidation sites excluding steroid dienone is 2. The number of aldehydes is 1. The minimum Gasteiger partial charge on any atom is -0.357 e. The van der Waals surface area contributed by atoms with Gasteiger partial charge in [-0.3, -0.25) is 9.80 Å². The standard InChI is InChI=1S/C13H15BrN2O2/c14-9-4-5-12-10(7-9)11(8-17)15-16(12)13-3-1-2-6-18-13/h4-5,7-9,12-13H,1-3,6H2. The van der Waals surface area contributed by atoms with Gasteiger partial charge in [0.2, 0.25) is 0 Å². The Hall–Kier alpha value is -0.940. The van der Waals surface area contributed by atoms with E-state index in [0.29, 0.717) is 5.71 Å². The second-order valence-corrected chi connectivity index (χ2v) is 5.76. The molecular formula is C13H15BrN2O2. The summed E-state index contributed by atoms with van der Waals surface area (Å²) < 4.78 is 5.76. The molecular weight excluding hydrogens is 296 g/mol. The van der Waals surface area contributed by atoms with Crippen molar-refractivity contribution in [3.05, 3.63) is 23.8 Å². The molecule has 2 heterocycles. The Morgan fingerprint density at radius 1 is 1.44 bits per heavy atom. The van der Waals surface area contributed by atoms with Crippen molar-refractivity contribution in [3.63, 3.8) is 0 Å². The third-order valence-corrected chi connectivity index (χ3v) is 4.07. The van der Waals surface area contributed by atoms with Gasteiger partial charge in [-0.2, -0.15) is 5.10 Å². The van der Waals surface area contributed by atoms with E-state index in [4.69, 9.17) is 4.74 Å². The molecule has 0 aromatic rings. The van der Waals surface area contributed by atoms with Crippen LogP contribution in [-0.4, -0.2) is 40.7 Å². The summed E-state index contributed by atoms with van der Waals surface area (Å²) >= 11 is 3.51. The normalized spacial score (nSPS) is 34.9. The van der Waals surface area contributed by atoms with Crippen molar-refractivity contribution in [3.8, 4) is 0 Å². The smallest absolute Gasteiger partial charge is 0.170 e. The van der Waals surface area contributed by atoms with E-state index in [1.807, 2.05) is 11.1 Å². The van der Waals surface area contributed by atoms with Gasteiger partial charge in [0.1, 0.15) is 11.9 Å². The fraction of sp³-hybridized carbons (Fsp3) is 0.538. The van der Waals surface area contributed by atoms with Gasteiger partial charge < -0.3 is 4.74 Å². The van der Waals surface area contributed by atoms with Crippen LogP contribution in [0.25, 0.3) is 0 Å². The summed E-state index contributed by atoms with van der Waals surface area (Å²) in [6, 6.07) is 0.0575. The molecule has 1 saturated heterocycles. The first-order valence-corrected chi connectivity index (χ1v) is 7.19. The van der Waals surface area contributed by atoms with E-state index in [0.717, 1.165) is 37.7 Å². The molecule has 1 fully saturated rings. The molecule has 3 atom stereocenters. The Kier molecular flexibility index (Phi) is 3.35. The van der Waals surface area contributed by atoms with Crippen molar-refractivity contribution in [1.82, 2.24) is 5.01 Å². The van der Waals surface area contributed by atoms with Gasteiger partial charge >= 0.3 is 0 Å². The molecule has 0 N–H and O–H groups in total. The second-order valence-electron chi connectivity index (χ2n) is 4.70. The van der Waals surface area contributed by atoms with Gasteiger partial charge in [0.15, 0.2) is 6.29 Å². The van der Waals surface area contributed by atoms with E-state index in [2.05, 4.69) is 33.2 Å². The van der Waals surface area contributed by atoms with Crippen molar-refractivity contribution in [2.45, 2.75) is 36.4 Å². The Labute approximate surface area is 114 Å². The molecule has 0 amide bonds. The second kappa shape index (κ2) is 4.97. The molecule has 0 aromatic heterocycles. The number of carbonyl (C=O) groups is 1. The van der Waals surface area contributed by atoms with E-state index in [1.54, 1.807) is 0 Å². The maximum atomic E-state index is 11.1. The van der Waals surface area contributed by atoms with Crippen molar-refractivity contribution in [2.24, 2.45) is 5.10 Å². The highest BCUT2D eigenvalue weighted by molar-refractivity contribution is 9.09. The van der Waals surface area contributed by atoms with Crippen LogP contribution in [0.15, 0.2) is 28.9 Å². The Bertz CT molecular complexity index is 438. The molecule has 1 aliphatic carbocycles. The maximum absolute atomic E-state index is 11.1. The summed E-state index contributed by atoms with van der Waals surface area (Å²) in [4.78, 5) is 11.3. The molecule has 0 radical (unpaired) electrons. The highest BCUT2D eigenvalue weighted by atomic mass is 79.9. The zero-order valence-electron chi connectivity index (χ0n) is 9.96. The van der Waals surface area contributed by atoms with Gasteiger partial charge in [0.25, 0.3) is 0 Å². The van der Waals surface area contributed by atoms with E-state index < -0.39 is 0 Å². The number of rotatable bonds is 2. The molecule has 4 nitrogen and oxygen atoms in total. The summed E-state index contributed by atoms with van der Waals surface area (Å²) in [6.07, 6.45) is 10.3. The minimum atomic E-state index is 0.00104. The lowest BCUT2D eigenvalue weighted by atomic mass is 9.97. The van der Waals surface area contributed by atoms with Crippen molar-refractivity contribution < 1.29 is 9.53 Å². The van der Waals surface area contributed by atoms with Crippen LogP contribution >= 0.6 is 15.9 Å². The number of fused-ring (bicyclic) bond motifs is 1. The fourth-order valence-corrected chi connectivity index (χ4v) is 3.08. The SMILES string of the molecule is O=CC1=NN(C2CCCCO2)C2C=CC(Br)C=C12. The zero-order valence-corrected chi connectivity index (χ0v) is 11.5. The van der Waals surface area contributed by atoms with Gasteiger partial charge in [0.05, 0.1) is 10.9 Å². The van der Waals surface area contributed by atoms with Crippen LogP contribution in [0.5, 0.6) is 0 Å². The largest absolute Gasteiger partial charge is 0.357 e. The first kappa shape index (κ1) is 12.1. The number of halogens is 1. The lowest BCUT2D eigenvalue weighted by Crippen LogP contribution is -2.40. The van der Waals surface area contributed by atoms with Crippen molar-refractivity contribution in [1.29, 1.82) is 0 Å². The molecule has 0 bridgehead atoms. The molecule has 0 spiro atoms. The summed E-state index contributed by atoms with van der Waals surface area (Å²) in [5.74, 6) is 0. The van der Waals surface area contributed by atoms with Gasteiger partial charge in [-0.25, -0.2) is 0 Å². The Morgan fingerprint density at radius 2 is 2.33 bits per heavy atom. The first-order chi connectivity index (χ1) is 8.79. The number of hydrogen-bond donors (Lipinski definition) is 0. The number of hydrogen-bond acceptors (Lipinski definition) is 4. The number of nitrogens with zero attached hydrogens (tertiary/aromatic N) is 2. The monoisotopic (exact) mass is 310 g/mol. The van der Waals surface area contributed by atoms with Gasteiger partial charge in [-0.05, 0) is 19.3 Å². The number of ether oxygens (including phenoxy) is 1. The fourth-order valence-electron chi connectivity index (χ4n) is 2.62. The topological polar surface area (TPSA) is 41.9 Å². The molecule has 5 heteroatoms. The van der Waals surface area contributed by atoms with E-state index in [1.165, 1.54) is 0 Å². The van der Waals surface area contributed by atoms with E-state index in [9.17, 15) is 4.79 Å². The lowest BCUT2D eigenvalue weighted by molar-refractivity contribution is -0.102. The quantitative estimate of drug-likeness (QED) is 0.445. The van der Waals surface area contributed by atoms with Crippen LogP contribution in [-0.2, 0) is 9.53 Å². The predicted octanol–water partition coefficient (Wildman–Crippen LogP) is 2.01. The van der Waals surface area contributed by atoms with Gasteiger partial charge in [-0.15, -0.1) is 0 Å². The van der Waals surface area contributed by atoms with Crippen LogP contribution in [0.2, 0.25) is 0 Å². The molecule has 3 unspecified atom stereocenters. The van der Waals surface area contributed by atoms with Crippen LogP contribution in [0.1, 0.15) is 19.3 Å². The minimum absolute atomic E-state index is 0.00104. The van der Waals surface area contributed by atoms with Crippen LogP contribution in [0.3, 0.4) is 0 Å². The highest BCUT2D eigenvalue weighted by Crippen LogP contribution is 2.32. The average Bonchev–Trinajstić information content (AvgIpc) is 2.77. The third-order valence-electron chi connectivity index (χ3n) is 3.50. The molecule has 96 valence electrons. The summed E-state index contributed by atoms with van der Waals surface area (Å²) in [6.45, 7) is 0.781. The molecule has 2 aliphatic heterocycles. The molecule has 0 aromatic carbocycles. The molecule has 18 heavy (non-hydrogen) atoms. The van der Waals surface area contributed by atoms with Crippen molar-refractivity contribution >= 4 is 27.9 Å². The lowest BCUT2D eigenvalue weighted by Gasteiger charge is -2.34. The molecule has 0 saturated carbocycles. The van der Waals surface area contributed by atoms with Gasteiger partial charge in [-0.1, -0.05) is 34.2 Å².